The molecule has 0 aromatic rings. The van der Waals surface area contributed by atoms with Crippen LogP contribution >= 0.6 is 0 Å². The fraction of sp³-hybridized carbons (Fsp3) is 0.615. The van der Waals surface area contributed by atoms with Gasteiger partial charge in [0.05, 0.1) is 13.2 Å². The Kier molecular flexibility index (Phi) is 9.74. The Bertz CT molecular complexity index is 524. The van der Waals surface area contributed by atoms with E-state index in [-0.39, 0.29) is 6.42 Å². The Labute approximate surface area is 142 Å². The van der Waals surface area contributed by atoms with Crippen molar-refractivity contribution in [3.05, 3.63) is 0 Å². The van der Waals surface area contributed by atoms with E-state index in [9.17, 15) is 24.0 Å². The summed E-state index contributed by atoms with van der Waals surface area (Å²) in [6.07, 6.45) is -0.717. The first-order valence-corrected chi connectivity index (χ1v) is 7.27. The molecule has 0 spiro atoms. The van der Waals surface area contributed by atoms with Crippen LogP contribution in [-0.2, 0) is 24.0 Å². The van der Waals surface area contributed by atoms with Gasteiger partial charge in [0.25, 0.3) is 0 Å². The minimum atomic E-state index is -1.30. The van der Waals surface area contributed by atoms with Gasteiger partial charge in [-0.25, -0.2) is 0 Å². The fourth-order valence-corrected chi connectivity index (χ4v) is 1.54. The summed E-state index contributed by atoms with van der Waals surface area (Å²) in [5, 5.41) is 32.6. The van der Waals surface area contributed by atoms with Gasteiger partial charge < -0.3 is 37.0 Å². The van der Waals surface area contributed by atoms with Gasteiger partial charge in [-0.15, -0.1) is 0 Å². The maximum Gasteiger partial charge on any atom is 0.325 e. The van der Waals surface area contributed by atoms with Crippen molar-refractivity contribution in [2.75, 3.05) is 13.2 Å². The van der Waals surface area contributed by atoms with Gasteiger partial charge in [-0.05, 0) is 13.3 Å². The van der Waals surface area contributed by atoms with Crippen molar-refractivity contribution in [2.24, 2.45) is 5.73 Å². The van der Waals surface area contributed by atoms with Crippen molar-refractivity contribution in [2.45, 2.75) is 37.9 Å². The number of carboxylic acids is 2. The highest BCUT2D eigenvalue weighted by molar-refractivity contribution is 5.92. The van der Waals surface area contributed by atoms with Crippen LogP contribution < -0.4 is 21.7 Å². The lowest BCUT2D eigenvalue weighted by Crippen LogP contribution is -2.53. The average Bonchev–Trinajstić information content (AvgIpc) is 2.54. The third kappa shape index (κ3) is 9.22. The number of rotatable bonds is 11. The maximum absolute atomic E-state index is 12.0. The molecule has 3 amide bonds. The predicted octanol–water partition coefficient (Wildman–Crippen LogP) is -3.64. The number of hydrogen-bond donors (Lipinski definition) is 7. The molecule has 0 aromatic carbocycles. The molecule has 0 rings (SSSR count). The summed E-state index contributed by atoms with van der Waals surface area (Å²) in [6, 6.07) is -3.75. The summed E-state index contributed by atoms with van der Waals surface area (Å²) in [5.74, 6) is -4.99. The van der Waals surface area contributed by atoms with Crippen molar-refractivity contribution < 1.29 is 39.3 Å². The zero-order valence-corrected chi connectivity index (χ0v) is 13.5. The molecule has 0 radical (unpaired) electrons. The number of aliphatic hydroxyl groups excluding tert-OH is 1. The van der Waals surface area contributed by atoms with Crippen molar-refractivity contribution in [3.8, 4) is 0 Å². The Balaban J connectivity index is 4.73. The van der Waals surface area contributed by atoms with Crippen molar-refractivity contribution in [1.82, 2.24) is 16.0 Å². The Hall–Kier alpha value is -2.73. The van der Waals surface area contributed by atoms with Crippen LogP contribution in [0.1, 0.15) is 19.8 Å². The monoisotopic (exact) mass is 362 g/mol. The van der Waals surface area contributed by atoms with Crippen LogP contribution in [0.3, 0.4) is 0 Å². The van der Waals surface area contributed by atoms with Gasteiger partial charge in [-0.1, -0.05) is 0 Å². The first kappa shape index (κ1) is 22.3. The smallest absolute Gasteiger partial charge is 0.325 e. The number of carbonyl (C=O) groups is 5. The third-order valence-electron chi connectivity index (χ3n) is 2.98. The predicted molar refractivity (Wildman–Crippen MR) is 82.1 cm³/mol. The number of aliphatic hydroxyl groups is 1. The summed E-state index contributed by atoms with van der Waals surface area (Å²) < 4.78 is 0. The van der Waals surface area contributed by atoms with Crippen molar-refractivity contribution in [1.29, 1.82) is 0 Å². The van der Waals surface area contributed by atoms with Gasteiger partial charge in [-0.2, -0.15) is 0 Å². The summed E-state index contributed by atoms with van der Waals surface area (Å²) in [5.41, 5.74) is 5.24. The molecule has 0 aliphatic rings. The Morgan fingerprint density at radius 2 is 1.64 bits per heavy atom. The van der Waals surface area contributed by atoms with Gasteiger partial charge in [0.2, 0.25) is 17.7 Å². The highest BCUT2D eigenvalue weighted by Gasteiger charge is 2.25. The van der Waals surface area contributed by atoms with Gasteiger partial charge in [0.1, 0.15) is 18.1 Å². The standard InChI is InChI=1S/C13H22N4O8/c1-6(13(24)25)16-12(23)8(2-3-10(20)21)17-9(19)4-15-11(22)7(14)5-18/h6-8,18H,2-5,14H2,1H3,(H,15,22)(H,16,23)(H,17,19)(H,20,21)(H,24,25). The van der Waals surface area contributed by atoms with Gasteiger partial charge in [0.15, 0.2) is 0 Å². The largest absolute Gasteiger partial charge is 0.481 e. The normalized spacial score (nSPS) is 13.9. The van der Waals surface area contributed by atoms with Crippen LogP contribution in [0, 0.1) is 0 Å². The molecule has 8 N–H and O–H groups in total. The van der Waals surface area contributed by atoms with E-state index in [1.807, 2.05) is 0 Å². The lowest BCUT2D eigenvalue weighted by atomic mass is 10.1. The number of nitrogens with one attached hydrogen (secondary N) is 3. The number of amides is 3. The average molecular weight is 362 g/mol. The highest BCUT2D eigenvalue weighted by atomic mass is 16.4. The van der Waals surface area contributed by atoms with E-state index in [2.05, 4.69) is 16.0 Å². The van der Waals surface area contributed by atoms with E-state index < -0.39 is 67.4 Å². The molecule has 0 heterocycles. The van der Waals surface area contributed by atoms with Crippen LogP contribution in [-0.4, -0.2) is 76.3 Å². The Morgan fingerprint density at radius 1 is 1.04 bits per heavy atom. The molecular formula is C13H22N4O8. The first-order valence-electron chi connectivity index (χ1n) is 7.27. The first-order chi connectivity index (χ1) is 11.6. The van der Waals surface area contributed by atoms with Crippen molar-refractivity contribution in [3.63, 3.8) is 0 Å². The van der Waals surface area contributed by atoms with Crippen LogP contribution in [0.15, 0.2) is 0 Å². The molecule has 0 aliphatic heterocycles. The van der Waals surface area contributed by atoms with Gasteiger partial charge >= 0.3 is 11.9 Å². The van der Waals surface area contributed by atoms with E-state index in [1.165, 1.54) is 6.92 Å². The van der Waals surface area contributed by atoms with Gasteiger partial charge in [0, 0.05) is 6.42 Å². The van der Waals surface area contributed by atoms with Crippen LogP contribution in [0.25, 0.3) is 0 Å². The number of carboxylic acid groups (broad SMARTS) is 2. The molecule has 25 heavy (non-hydrogen) atoms. The molecule has 12 nitrogen and oxygen atoms in total. The molecule has 3 unspecified atom stereocenters. The highest BCUT2D eigenvalue weighted by Crippen LogP contribution is 1.99. The molecule has 3 atom stereocenters. The summed E-state index contributed by atoms with van der Waals surface area (Å²) in [7, 11) is 0. The Morgan fingerprint density at radius 3 is 2.12 bits per heavy atom. The second-order valence-corrected chi connectivity index (χ2v) is 5.13. The summed E-state index contributed by atoms with van der Waals surface area (Å²) >= 11 is 0. The van der Waals surface area contributed by atoms with Gasteiger partial charge in [-0.3, -0.25) is 24.0 Å². The van der Waals surface area contributed by atoms with E-state index in [0.29, 0.717) is 0 Å². The molecule has 0 aliphatic carbocycles. The SMILES string of the molecule is CC(NC(=O)C(CCC(=O)O)NC(=O)CNC(=O)C(N)CO)C(=O)O. The van der Waals surface area contributed by atoms with Crippen LogP contribution in [0.5, 0.6) is 0 Å². The van der Waals surface area contributed by atoms with Crippen molar-refractivity contribution >= 4 is 29.7 Å². The third-order valence-corrected chi connectivity index (χ3v) is 2.98. The zero-order valence-electron chi connectivity index (χ0n) is 13.5. The molecule has 0 fully saturated rings. The molecule has 12 heteroatoms. The second-order valence-electron chi connectivity index (χ2n) is 5.13. The second kappa shape index (κ2) is 10.9. The van der Waals surface area contributed by atoms with E-state index in [0.717, 1.165) is 0 Å². The zero-order chi connectivity index (χ0) is 19.6. The van der Waals surface area contributed by atoms with Crippen LogP contribution in [0.4, 0.5) is 0 Å². The maximum atomic E-state index is 12.0. The number of aliphatic carboxylic acids is 2. The summed E-state index contributed by atoms with van der Waals surface area (Å²) in [6.45, 7) is 0.0227. The molecule has 0 saturated carbocycles. The lowest BCUT2D eigenvalue weighted by Gasteiger charge is -2.19. The van der Waals surface area contributed by atoms with Crippen LogP contribution in [0.2, 0.25) is 0 Å². The number of nitrogens with two attached hydrogens (primary N) is 1. The van der Waals surface area contributed by atoms with E-state index >= 15 is 0 Å². The number of hydrogen-bond acceptors (Lipinski definition) is 7. The lowest BCUT2D eigenvalue weighted by molar-refractivity contribution is -0.142. The molecular weight excluding hydrogens is 340 g/mol. The molecule has 0 aromatic heterocycles. The minimum Gasteiger partial charge on any atom is -0.481 e. The molecule has 0 bridgehead atoms. The fourth-order valence-electron chi connectivity index (χ4n) is 1.54. The minimum absolute atomic E-state index is 0.274. The molecule has 0 saturated heterocycles. The topological polar surface area (TPSA) is 208 Å². The van der Waals surface area contributed by atoms with E-state index in [4.69, 9.17) is 21.1 Å². The number of carbonyl (C=O) groups excluding carboxylic acids is 3. The van der Waals surface area contributed by atoms with E-state index in [1.54, 1.807) is 0 Å². The summed E-state index contributed by atoms with van der Waals surface area (Å²) in [4.78, 5) is 56.4. The quantitative estimate of drug-likeness (QED) is 0.193. The molecule has 142 valence electrons.